The Hall–Kier alpha value is -2.27. The van der Waals surface area contributed by atoms with Crippen LogP contribution in [0.15, 0.2) is 29.9 Å². The number of ether oxygens (including phenoxy) is 1. The van der Waals surface area contributed by atoms with E-state index in [1.807, 2.05) is 31.7 Å². The molecule has 0 unspecified atom stereocenters. The fourth-order valence-electron chi connectivity index (χ4n) is 3.33. The number of rotatable bonds is 7. The van der Waals surface area contributed by atoms with E-state index in [1.54, 1.807) is 12.3 Å². The van der Waals surface area contributed by atoms with Crippen molar-refractivity contribution in [2.75, 3.05) is 39.6 Å². The normalized spacial score (nSPS) is 17.2. The van der Waals surface area contributed by atoms with E-state index < -0.39 is 6.09 Å². The van der Waals surface area contributed by atoms with Crippen LogP contribution in [0.4, 0.5) is 4.79 Å². The van der Waals surface area contributed by atoms with Gasteiger partial charge in [0, 0.05) is 32.4 Å². The van der Waals surface area contributed by atoms with Crippen molar-refractivity contribution in [3.63, 3.8) is 0 Å². The number of alkyl carbamates (subject to hydrolysis) is 1. The van der Waals surface area contributed by atoms with Gasteiger partial charge in [-0.1, -0.05) is 43.4 Å². The third kappa shape index (κ3) is 6.11. The summed E-state index contributed by atoms with van der Waals surface area (Å²) in [5, 5.41) is 3.23. The lowest BCUT2D eigenvalue weighted by Gasteiger charge is -2.36. The lowest BCUT2D eigenvalue weighted by atomic mass is 9.97. The Balaban J connectivity index is 1.61. The van der Waals surface area contributed by atoms with Gasteiger partial charge in [0.1, 0.15) is 11.9 Å². The van der Waals surface area contributed by atoms with Gasteiger partial charge in [0.25, 0.3) is 0 Å². The van der Waals surface area contributed by atoms with Crippen molar-refractivity contribution in [2.45, 2.75) is 27.3 Å². The molecule has 0 radical (unpaired) electrons. The average molecular weight is 441 g/mol. The van der Waals surface area contributed by atoms with Crippen molar-refractivity contribution < 1.29 is 19.4 Å². The molecule has 0 aliphatic carbocycles. The fraction of sp³-hybridized carbons (Fsp3) is 0.579. The smallest absolute Gasteiger partial charge is 0.408 e. The van der Waals surface area contributed by atoms with E-state index in [1.165, 1.54) is 0 Å². The quantitative estimate of drug-likeness (QED) is 0.373. The number of nitrogens with two attached hydrogens (primary N) is 1. The van der Waals surface area contributed by atoms with Crippen molar-refractivity contribution in [3.05, 3.63) is 40.6 Å². The number of halogens is 1. The summed E-state index contributed by atoms with van der Waals surface area (Å²) in [6, 6.07) is 3.71. The maximum atomic E-state index is 12.0. The molecule has 2 aliphatic rings. The van der Waals surface area contributed by atoms with E-state index in [0.29, 0.717) is 37.2 Å². The van der Waals surface area contributed by atoms with Gasteiger partial charge < -0.3 is 24.7 Å². The summed E-state index contributed by atoms with van der Waals surface area (Å²) >= 11 is 5.87. The molecule has 1 aromatic heterocycles. The maximum absolute atomic E-state index is 12.0. The number of fused-ring (bicyclic) bond motifs is 1. The molecule has 3 heterocycles. The maximum Gasteiger partial charge on any atom is 0.408 e. The first-order valence-electron chi connectivity index (χ1n) is 9.75. The zero-order valence-electron chi connectivity index (χ0n) is 17.6. The van der Waals surface area contributed by atoms with Gasteiger partial charge >= 0.3 is 6.09 Å². The Labute approximate surface area is 181 Å². The number of amides is 1. The number of aromatic nitrogens is 1. The van der Waals surface area contributed by atoms with Crippen LogP contribution < -0.4 is 11.2 Å². The molecule has 3 N–H and O–H groups in total. The van der Waals surface area contributed by atoms with Crippen LogP contribution in [-0.2, 0) is 21.2 Å². The van der Waals surface area contributed by atoms with Crippen LogP contribution in [-0.4, -0.2) is 65.4 Å². The Kier molecular flexibility index (Phi) is 7.24. The number of nitrogens with zero attached hydrogens (tertiary/aromatic N) is 4. The second kappa shape index (κ2) is 9.69. The van der Waals surface area contributed by atoms with E-state index in [9.17, 15) is 4.79 Å². The molecule has 0 bridgehead atoms. The standard InChI is InChI=1S/C19H29ClN6O4/c1-19(2,3)11-23-18(27)28-13-24-10-15(29-30-21)17-25(6-7-26(17)12-24)9-14-4-5-16(20)22-8-14/h4-5,8H,6-7,9-13,21H2,1-3H3,(H,23,27). The lowest BCUT2D eigenvalue weighted by Crippen LogP contribution is -2.46. The summed E-state index contributed by atoms with van der Waals surface area (Å²) in [4.78, 5) is 32.1. The molecule has 1 saturated heterocycles. The first-order valence-corrected chi connectivity index (χ1v) is 10.1. The van der Waals surface area contributed by atoms with Crippen LogP contribution >= 0.6 is 11.6 Å². The molecule has 11 heteroatoms. The van der Waals surface area contributed by atoms with Gasteiger partial charge in [-0.25, -0.2) is 14.7 Å². The lowest BCUT2D eigenvalue weighted by molar-refractivity contribution is -0.274. The van der Waals surface area contributed by atoms with E-state index in [-0.39, 0.29) is 12.1 Å². The van der Waals surface area contributed by atoms with Gasteiger partial charge in [-0.05, 0) is 17.0 Å². The molecule has 10 nitrogen and oxygen atoms in total. The summed E-state index contributed by atoms with van der Waals surface area (Å²) in [6.07, 6.45) is 1.31. The molecule has 0 saturated carbocycles. The number of pyridine rings is 1. The van der Waals surface area contributed by atoms with Gasteiger partial charge in [-0.2, -0.15) is 5.90 Å². The highest BCUT2D eigenvalue weighted by Crippen LogP contribution is 2.29. The van der Waals surface area contributed by atoms with Crippen LogP contribution in [0.3, 0.4) is 0 Å². The van der Waals surface area contributed by atoms with Crippen molar-refractivity contribution in [1.29, 1.82) is 0 Å². The molecular weight excluding hydrogens is 412 g/mol. The summed E-state index contributed by atoms with van der Waals surface area (Å²) in [7, 11) is 0. The third-order valence-electron chi connectivity index (χ3n) is 4.68. The summed E-state index contributed by atoms with van der Waals surface area (Å²) < 4.78 is 5.35. The molecule has 0 atom stereocenters. The zero-order chi connectivity index (χ0) is 21.7. The fourth-order valence-corrected chi connectivity index (χ4v) is 3.44. The van der Waals surface area contributed by atoms with E-state index in [0.717, 1.165) is 24.5 Å². The highest BCUT2D eigenvalue weighted by molar-refractivity contribution is 6.29. The number of carbonyl (C=O) groups excluding carboxylic acids is 1. The van der Waals surface area contributed by atoms with Crippen LogP contribution in [0, 0.1) is 5.41 Å². The van der Waals surface area contributed by atoms with Gasteiger partial charge in [0.15, 0.2) is 11.6 Å². The Bertz CT molecular complexity index is 767. The number of hydrogen-bond donors (Lipinski definition) is 2. The number of nitrogens with one attached hydrogen (secondary N) is 1. The van der Waals surface area contributed by atoms with Crippen molar-refractivity contribution in [3.8, 4) is 0 Å². The van der Waals surface area contributed by atoms with Gasteiger partial charge in [0.2, 0.25) is 0 Å². The highest BCUT2D eigenvalue weighted by atomic mass is 35.5. The molecule has 1 aromatic rings. The van der Waals surface area contributed by atoms with E-state index in [4.69, 9.17) is 27.1 Å². The minimum atomic E-state index is -0.449. The second-order valence-electron chi connectivity index (χ2n) is 8.55. The first kappa shape index (κ1) is 22.4. The second-order valence-corrected chi connectivity index (χ2v) is 8.93. The number of carbonyl (C=O) groups is 1. The van der Waals surface area contributed by atoms with Crippen LogP contribution in [0.5, 0.6) is 0 Å². The van der Waals surface area contributed by atoms with Crippen LogP contribution in [0.1, 0.15) is 26.3 Å². The van der Waals surface area contributed by atoms with Crippen molar-refractivity contribution in [2.24, 2.45) is 11.3 Å². The summed E-state index contributed by atoms with van der Waals surface area (Å²) in [6.45, 7) is 10.0. The topological polar surface area (TPSA) is 105 Å². The van der Waals surface area contributed by atoms with Crippen molar-refractivity contribution >= 4 is 17.7 Å². The van der Waals surface area contributed by atoms with E-state index in [2.05, 4.69) is 25.1 Å². The molecule has 1 amide bonds. The molecule has 2 aliphatic heterocycles. The molecule has 0 aromatic carbocycles. The summed E-state index contributed by atoms with van der Waals surface area (Å²) in [5.74, 6) is 6.64. The monoisotopic (exact) mass is 440 g/mol. The van der Waals surface area contributed by atoms with Gasteiger partial charge in [-0.15, -0.1) is 0 Å². The Morgan fingerprint density at radius 3 is 2.80 bits per heavy atom. The third-order valence-corrected chi connectivity index (χ3v) is 4.90. The zero-order valence-corrected chi connectivity index (χ0v) is 18.3. The van der Waals surface area contributed by atoms with Gasteiger partial charge in [-0.3, -0.25) is 0 Å². The molecule has 1 fully saturated rings. The number of hydrogen-bond acceptors (Lipinski definition) is 9. The predicted octanol–water partition coefficient (Wildman–Crippen LogP) is 1.85. The SMILES string of the molecule is CC(C)(C)CNC(=O)OCN1CC(OON)=C2N(Cc3ccc(Cl)nc3)CCN2C1. The average Bonchev–Trinajstić information content (AvgIpc) is 3.09. The van der Waals surface area contributed by atoms with Gasteiger partial charge in [0.05, 0.1) is 13.2 Å². The minimum absolute atomic E-state index is 0.0140. The molecule has 166 valence electrons. The predicted molar refractivity (Wildman–Crippen MR) is 110 cm³/mol. The minimum Gasteiger partial charge on any atom is -0.433 e. The molecular formula is C19H29ClN6O4. The first-order chi connectivity index (χ1) is 14.2. The molecule has 3 rings (SSSR count). The van der Waals surface area contributed by atoms with Crippen molar-refractivity contribution in [1.82, 2.24) is 25.0 Å². The Morgan fingerprint density at radius 2 is 2.13 bits per heavy atom. The van der Waals surface area contributed by atoms with Crippen LogP contribution in [0.25, 0.3) is 0 Å². The molecule has 30 heavy (non-hydrogen) atoms. The largest absolute Gasteiger partial charge is 0.433 e. The Morgan fingerprint density at radius 1 is 1.33 bits per heavy atom. The molecule has 0 spiro atoms. The van der Waals surface area contributed by atoms with Crippen LogP contribution in [0.2, 0.25) is 5.15 Å². The summed E-state index contributed by atoms with van der Waals surface area (Å²) in [5.41, 5.74) is 1.02. The highest BCUT2D eigenvalue weighted by Gasteiger charge is 2.35. The van der Waals surface area contributed by atoms with E-state index >= 15 is 0 Å².